The lowest BCUT2D eigenvalue weighted by Crippen LogP contribution is -2.35. The predicted octanol–water partition coefficient (Wildman–Crippen LogP) is 6.31. The van der Waals surface area contributed by atoms with Gasteiger partial charge in [-0.2, -0.15) is 0 Å². The Hall–Kier alpha value is -1.36. The second kappa shape index (κ2) is 23.9. The van der Waals surface area contributed by atoms with E-state index in [1.807, 2.05) is 6.92 Å². The molecule has 0 fully saturated rings. The first-order valence-electron chi connectivity index (χ1n) is 12.2. The minimum absolute atomic E-state index is 0.164. The highest BCUT2D eigenvalue weighted by Gasteiger charge is 2.17. The predicted molar refractivity (Wildman–Crippen MR) is 129 cm³/mol. The molecule has 0 aliphatic carbocycles. The fraction of sp³-hybridized carbons (Fsp3) is 0.840. The van der Waals surface area contributed by atoms with E-state index in [0.29, 0.717) is 6.42 Å². The first kappa shape index (κ1) is 30.8. The number of carboxylic acids is 1. The van der Waals surface area contributed by atoms with E-state index in [1.165, 1.54) is 70.6 Å². The van der Waals surface area contributed by atoms with Crippen molar-refractivity contribution in [3.63, 3.8) is 0 Å². The molecular formula is C25H50N2O3. The summed E-state index contributed by atoms with van der Waals surface area (Å²) in [7, 11) is 3.57. The average molecular weight is 427 g/mol. The third kappa shape index (κ3) is 24.7. The van der Waals surface area contributed by atoms with Crippen LogP contribution in [0.5, 0.6) is 0 Å². The van der Waals surface area contributed by atoms with Crippen LogP contribution in [0.15, 0.2) is 12.2 Å². The molecule has 0 aliphatic heterocycles. The van der Waals surface area contributed by atoms with Gasteiger partial charge < -0.3 is 10.8 Å². The van der Waals surface area contributed by atoms with Crippen molar-refractivity contribution in [2.24, 2.45) is 5.73 Å². The molecule has 0 heterocycles. The maximum absolute atomic E-state index is 10.5. The van der Waals surface area contributed by atoms with E-state index in [4.69, 9.17) is 10.8 Å². The fourth-order valence-corrected chi connectivity index (χ4v) is 3.25. The zero-order valence-corrected chi connectivity index (χ0v) is 20.3. The van der Waals surface area contributed by atoms with Crippen molar-refractivity contribution in [1.29, 1.82) is 0 Å². The van der Waals surface area contributed by atoms with Crippen molar-refractivity contribution in [1.82, 2.24) is 4.90 Å². The van der Waals surface area contributed by atoms with Crippen LogP contribution in [0.4, 0.5) is 0 Å². The van der Waals surface area contributed by atoms with Crippen LogP contribution in [0.3, 0.4) is 0 Å². The first-order valence-corrected chi connectivity index (χ1v) is 12.2. The van der Waals surface area contributed by atoms with Gasteiger partial charge in [-0.3, -0.25) is 14.5 Å². The molecule has 1 atom stereocenters. The smallest absolute Gasteiger partial charge is 0.320 e. The number of aliphatic carboxylic acids is 1. The number of carbonyl (C=O) groups is 2. The molecule has 30 heavy (non-hydrogen) atoms. The summed E-state index contributed by atoms with van der Waals surface area (Å²) in [5.74, 6) is -0.894. The van der Waals surface area contributed by atoms with Crippen molar-refractivity contribution in [3.05, 3.63) is 12.2 Å². The number of rotatable bonds is 19. The van der Waals surface area contributed by atoms with Gasteiger partial charge in [-0.05, 0) is 52.6 Å². The van der Waals surface area contributed by atoms with E-state index in [0.717, 1.165) is 25.7 Å². The largest absolute Gasteiger partial charge is 0.480 e. The molecule has 0 aromatic carbocycles. The third-order valence-corrected chi connectivity index (χ3v) is 5.16. The molecule has 0 radical (unpaired) electrons. The molecule has 0 bridgehead atoms. The maximum Gasteiger partial charge on any atom is 0.320 e. The number of nitrogens with zero attached hydrogens (tertiary/aromatic N) is 1. The van der Waals surface area contributed by atoms with E-state index < -0.39 is 5.97 Å². The molecule has 1 amide bonds. The van der Waals surface area contributed by atoms with Gasteiger partial charge in [0.1, 0.15) is 6.04 Å². The molecule has 0 rings (SSSR count). The number of unbranched alkanes of at least 4 members (excludes halogenated alkanes) is 11. The van der Waals surface area contributed by atoms with Crippen LogP contribution in [-0.4, -0.2) is 42.0 Å². The summed E-state index contributed by atoms with van der Waals surface area (Å²) in [6.45, 7) is 4.25. The normalized spacial score (nSPS) is 12.0. The van der Waals surface area contributed by atoms with Crippen molar-refractivity contribution < 1.29 is 14.7 Å². The Morgan fingerprint density at radius 2 is 1.27 bits per heavy atom. The quantitative estimate of drug-likeness (QED) is 0.187. The van der Waals surface area contributed by atoms with Gasteiger partial charge in [0.15, 0.2) is 0 Å². The number of hydrogen-bond acceptors (Lipinski definition) is 3. The molecule has 0 aromatic heterocycles. The zero-order valence-electron chi connectivity index (χ0n) is 20.3. The fourth-order valence-electron chi connectivity index (χ4n) is 3.25. The van der Waals surface area contributed by atoms with E-state index in [1.54, 1.807) is 19.0 Å². The Morgan fingerprint density at radius 3 is 1.63 bits per heavy atom. The second-order valence-corrected chi connectivity index (χ2v) is 8.41. The van der Waals surface area contributed by atoms with Crippen molar-refractivity contribution >= 4 is 11.9 Å². The third-order valence-electron chi connectivity index (χ3n) is 5.16. The number of amides is 1. The summed E-state index contributed by atoms with van der Waals surface area (Å²) in [4.78, 5) is 22.8. The van der Waals surface area contributed by atoms with Crippen LogP contribution in [0, 0.1) is 0 Å². The Kier molecular flexibility index (Phi) is 24.6. The molecule has 178 valence electrons. The summed E-state index contributed by atoms with van der Waals surface area (Å²) >= 11 is 0. The molecule has 0 saturated carbocycles. The Balaban J connectivity index is 0. The minimum atomic E-state index is -0.730. The van der Waals surface area contributed by atoms with E-state index in [2.05, 4.69) is 19.1 Å². The number of allylic oxidation sites excluding steroid dienone is 2. The van der Waals surface area contributed by atoms with Gasteiger partial charge in [0.05, 0.1) is 0 Å². The number of carboxylic acid groups (broad SMARTS) is 1. The Morgan fingerprint density at radius 1 is 0.800 bits per heavy atom. The van der Waals surface area contributed by atoms with Gasteiger partial charge in [-0.1, -0.05) is 83.8 Å². The summed E-state index contributed by atoms with van der Waals surface area (Å²) in [6, 6.07) is -0.315. The lowest BCUT2D eigenvalue weighted by Gasteiger charge is -2.18. The lowest BCUT2D eigenvalue weighted by molar-refractivity contribution is -0.142. The van der Waals surface area contributed by atoms with E-state index >= 15 is 0 Å². The highest BCUT2D eigenvalue weighted by molar-refractivity contribution is 5.73. The number of likely N-dealkylation sites (N-methyl/N-ethyl adjacent to an activating group) is 1. The van der Waals surface area contributed by atoms with Crippen LogP contribution < -0.4 is 5.73 Å². The van der Waals surface area contributed by atoms with Crippen molar-refractivity contribution in [2.75, 3.05) is 14.1 Å². The molecule has 5 nitrogen and oxygen atoms in total. The zero-order chi connectivity index (χ0) is 23.0. The number of hydrogen-bond donors (Lipinski definition) is 2. The topological polar surface area (TPSA) is 83.6 Å². The van der Waals surface area contributed by atoms with Crippen molar-refractivity contribution in [2.45, 2.75) is 123 Å². The molecule has 5 heteroatoms. The van der Waals surface area contributed by atoms with Gasteiger partial charge in [0, 0.05) is 6.42 Å². The first-order chi connectivity index (χ1) is 14.4. The van der Waals surface area contributed by atoms with Crippen LogP contribution in [0.2, 0.25) is 0 Å². The van der Waals surface area contributed by atoms with Crippen LogP contribution in [-0.2, 0) is 9.59 Å². The second-order valence-electron chi connectivity index (χ2n) is 8.41. The molecular weight excluding hydrogens is 376 g/mol. The summed E-state index contributed by atoms with van der Waals surface area (Å²) < 4.78 is 0. The molecule has 0 saturated heterocycles. The number of nitrogens with two attached hydrogens (primary N) is 1. The highest BCUT2D eigenvalue weighted by Crippen LogP contribution is 2.09. The van der Waals surface area contributed by atoms with Gasteiger partial charge >= 0.3 is 5.97 Å². The molecule has 0 aromatic rings. The monoisotopic (exact) mass is 426 g/mol. The van der Waals surface area contributed by atoms with Crippen LogP contribution >= 0.6 is 0 Å². The van der Waals surface area contributed by atoms with Gasteiger partial charge in [0.25, 0.3) is 0 Å². The standard InChI is InChI=1S/C18H35NO.C7H15NO2/c1-2-3-4-5-6-7-8-9-10-11-12-13-14-15-16-17-18(19)20;1-4-5-6(7(9)10)8(2)3/h9-10H,2-8,11-17H2,1H3,(H2,19,20);6H,4-5H2,1-3H3,(H,9,10)/b10-9-;. The summed E-state index contributed by atoms with van der Waals surface area (Å²) in [5.41, 5.74) is 5.10. The van der Waals surface area contributed by atoms with E-state index in [-0.39, 0.29) is 11.9 Å². The average Bonchev–Trinajstić information content (AvgIpc) is 2.68. The van der Waals surface area contributed by atoms with Gasteiger partial charge in [-0.25, -0.2) is 0 Å². The lowest BCUT2D eigenvalue weighted by atomic mass is 10.1. The molecule has 0 aliphatic rings. The maximum atomic E-state index is 10.5. The minimum Gasteiger partial charge on any atom is -0.480 e. The molecule has 3 N–H and O–H groups in total. The summed E-state index contributed by atoms with van der Waals surface area (Å²) in [6.07, 6.45) is 23.6. The Labute approximate surface area is 186 Å². The number of primary amides is 1. The van der Waals surface area contributed by atoms with Gasteiger partial charge in [0.2, 0.25) is 5.91 Å². The summed E-state index contributed by atoms with van der Waals surface area (Å²) in [5, 5.41) is 8.63. The van der Waals surface area contributed by atoms with Crippen molar-refractivity contribution in [3.8, 4) is 0 Å². The Bertz CT molecular complexity index is 423. The SMILES string of the molecule is CCCC(C(=O)O)N(C)C.CCCCCCCC/C=C\CCCCCCCC(N)=O. The number of carbonyl (C=O) groups excluding carboxylic acids is 1. The van der Waals surface area contributed by atoms with Crippen LogP contribution in [0.1, 0.15) is 117 Å². The van der Waals surface area contributed by atoms with Gasteiger partial charge in [-0.15, -0.1) is 0 Å². The molecule has 1 unspecified atom stereocenters. The van der Waals surface area contributed by atoms with Crippen LogP contribution in [0.25, 0.3) is 0 Å². The highest BCUT2D eigenvalue weighted by atomic mass is 16.4. The molecule has 0 spiro atoms. The van der Waals surface area contributed by atoms with E-state index in [9.17, 15) is 9.59 Å².